The van der Waals surface area contributed by atoms with Gasteiger partial charge >= 0.3 is 0 Å². The van der Waals surface area contributed by atoms with Gasteiger partial charge in [-0.3, -0.25) is 9.20 Å². The van der Waals surface area contributed by atoms with Crippen molar-refractivity contribution >= 4 is 39.8 Å². The van der Waals surface area contributed by atoms with Gasteiger partial charge in [0.2, 0.25) is 5.91 Å². The van der Waals surface area contributed by atoms with Gasteiger partial charge in [-0.25, -0.2) is 4.98 Å². The maximum atomic E-state index is 12.4. The minimum absolute atomic E-state index is 0.110. The van der Waals surface area contributed by atoms with Crippen molar-refractivity contribution in [2.24, 2.45) is 0 Å². The Balaban J connectivity index is 1.29. The Morgan fingerprint density at radius 1 is 1.10 bits per heavy atom. The zero-order valence-corrected chi connectivity index (χ0v) is 19.1. The summed E-state index contributed by atoms with van der Waals surface area (Å²) < 4.78 is 1.87. The van der Waals surface area contributed by atoms with Crippen LogP contribution in [0.3, 0.4) is 0 Å². The van der Waals surface area contributed by atoms with Crippen molar-refractivity contribution in [2.45, 2.75) is 44.2 Å². The quantitative estimate of drug-likeness (QED) is 0.247. The summed E-state index contributed by atoms with van der Waals surface area (Å²) in [6.45, 7) is 2.23. The van der Waals surface area contributed by atoms with Crippen molar-refractivity contribution in [1.82, 2.24) is 19.6 Å². The molecule has 0 spiro atoms. The fourth-order valence-electron chi connectivity index (χ4n) is 3.27. The Hall–Kier alpha value is -2.71. The highest BCUT2D eigenvalue weighted by Gasteiger charge is 2.11. The number of thioether (sulfide) groups is 1. The van der Waals surface area contributed by atoms with Crippen LogP contribution in [0.1, 0.15) is 38.2 Å². The van der Waals surface area contributed by atoms with Crippen molar-refractivity contribution in [3.63, 3.8) is 0 Å². The maximum absolute atomic E-state index is 12.4. The van der Waals surface area contributed by atoms with E-state index in [1.807, 2.05) is 34.2 Å². The lowest BCUT2D eigenvalue weighted by Gasteiger charge is -2.03. The normalized spacial score (nSPS) is 11.1. The SMILES string of the molecule is CCCCCCc1ccc(-c2csc(NC(=O)CSc3nnc4ccccn34)n2)cc1. The first-order valence-electron chi connectivity index (χ1n) is 10.5. The van der Waals surface area contributed by atoms with E-state index in [-0.39, 0.29) is 11.7 Å². The number of aryl methyl sites for hydroxylation is 1. The number of amides is 1. The second-order valence-electron chi connectivity index (χ2n) is 7.29. The van der Waals surface area contributed by atoms with E-state index in [0.29, 0.717) is 10.3 Å². The van der Waals surface area contributed by atoms with Crippen LogP contribution in [0.5, 0.6) is 0 Å². The predicted molar refractivity (Wildman–Crippen MR) is 128 cm³/mol. The summed E-state index contributed by atoms with van der Waals surface area (Å²) in [6, 6.07) is 14.3. The van der Waals surface area contributed by atoms with Gasteiger partial charge in [-0.05, 0) is 30.5 Å². The van der Waals surface area contributed by atoms with Crippen LogP contribution in [0, 0.1) is 0 Å². The third-order valence-electron chi connectivity index (χ3n) is 4.93. The molecule has 0 unspecified atom stereocenters. The fourth-order valence-corrected chi connectivity index (χ4v) is 4.73. The lowest BCUT2D eigenvalue weighted by Crippen LogP contribution is -2.14. The molecule has 1 amide bonds. The molecule has 8 heteroatoms. The number of nitrogens with one attached hydrogen (secondary N) is 1. The minimum atomic E-state index is -0.110. The molecule has 0 aliphatic rings. The van der Waals surface area contributed by atoms with Crippen molar-refractivity contribution < 1.29 is 4.79 Å². The summed E-state index contributed by atoms with van der Waals surface area (Å²) in [5, 5.41) is 14.4. The summed E-state index contributed by atoms with van der Waals surface area (Å²) in [5.74, 6) is 0.137. The predicted octanol–water partition coefficient (Wildman–Crippen LogP) is 5.71. The number of benzene rings is 1. The number of fused-ring (bicyclic) bond motifs is 1. The number of rotatable bonds is 10. The molecule has 31 heavy (non-hydrogen) atoms. The summed E-state index contributed by atoms with van der Waals surface area (Å²) in [4.78, 5) is 16.9. The number of nitrogens with zero attached hydrogens (tertiary/aromatic N) is 4. The van der Waals surface area contributed by atoms with E-state index < -0.39 is 0 Å². The van der Waals surface area contributed by atoms with Crippen molar-refractivity contribution in [2.75, 3.05) is 11.1 Å². The molecule has 4 rings (SSSR count). The van der Waals surface area contributed by atoms with E-state index in [9.17, 15) is 4.79 Å². The maximum Gasteiger partial charge on any atom is 0.236 e. The number of anilines is 1. The molecule has 0 bridgehead atoms. The van der Waals surface area contributed by atoms with Crippen LogP contribution >= 0.6 is 23.1 Å². The highest BCUT2D eigenvalue weighted by molar-refractivity contribution is 7.99. The Morgan fingerprint density at radius 2 is 1.97 bits per heavy atom. The third kappa shape index (κ3) is 5.71. The van der Waals surface area contributed by atoms with Gasteiger partial charge in [-0.15, -0.1) is 21.5 Å². The lowest BCUT2D eigenvalue weighted by molar-refractivity contribution is -0.113. The van der Waals surface area contributed by atoms with Crippen LogP contribution in [-0.4, -0.2) is 31.2 Å². The van der Waals surface area contributed by atoms with Gasteiger partial charge in [0, 0.05) is 17.1 Å². The Bertz CT molecular complexity index is 1140. The van der Waals surface area contributed by atoms with E-state index in [0.717, 1.165) is 23.3 Å². The molecule has 0 aliphatic carbocycles. The zero-order valence-electron chi connectivity index (χ0n) is 17.5. The molecule has 0 atom stereocenters. The van der Waals surface area contributed by atoms with E-state index in [4.69, 9.17) is 0 Å². The van der Waals surface area contributed by atoms with Gasteiger partial charge in [0.05, 0.1) is 11.4 Å². The molecule has 0 fully saturated rings. The molecule has 3 aromatic heterocycles. The molecule has 6 nitrogen and oxygen atoms in total. The molecule has 0 aliphatic heterocycles. The molecule has 4 aromatic rings. The molecular weight excluding hydrogens is 426 g/mol. The topological polar surface area (TPSA) is 72.2 Å². The molecule has 0 radical (unpaired) electrons. The number of carbonyl (C=O) groups is 1. The van der Waals surface area contributed by atoms with Crippen molar-refractivity contribution in [1.29, 1.82) is 0 Å². The van der Waals surface area contributed by atoms with E-state index >= 15 is 0 Å². The van der Waals surface area contributed by atoms with Crippen molar-refractivity contribution in [3.05, 3.63) is 59.6 Å². The Morgan fingerprint density at radius 3 is 2.81 bits per heavy atom. The number of hydrogen-bond acceptors (Lipinski definition) is 6. The summed E-state index contributed by atoms with van der Waals surface area (Å²) >= 11 is 2.79. The van der Waals surface area contributed by atoms with Crippen LogP contribution in [0.2, 0.25) is 0 Å². The van der Waals surface area contributed by atoms with Crippen LogP contribution in [0.15, 0.2) is 59.2 Å². The average Bonchev–Trinajstić information content (AvgIpc) is 3.43. The van der Waals surface area contributed by atoms with Gasteiger partial charge in [0.15, 0.2) is 15.9 Å². The molecule has 3 heterocycles. The second-order valence-corrected chi connectivity index (χ2v) is 9.09. The highest BCUT2D eigenvalue weighted by Crippen LogP contribution is 2.26. The van der Waals surface area contributed by atoms with Gasteiger partial charge in [-0.1, -0.05) is 68.3 Å². The van der Waals surface area contributed by atoms with Crippen LogP contribution < -0.4 is 5.32 Å². The van der Waals surface area contributed by atoms with Crippen LogP contribution in [0.25, 0.3) is 16.9 Å². The van der Waals surface area contributed by atoms with Crippen LogP contribution in [-0.2, 0) is 11.2 Å². The molecule has 1 aromatic carbocycles. The lowest BCUT2D eigenvalue weighted by atomic mass is 10.0. The Labute approximate surface area is 190 Å². The number of hydrogen-bond donors (Lipinski definition) is 1. The first-order chi connectivity index (χ1) is 15.2. The van der Waals surface area contributed by atoms with Gasteiger partial charge in [0.1, 0.15) is 0 Å². The molecule has 1 N–H and O–H groups in total. The standard InChI is InChI=1S/C23H25N5OS2/c1-2-3-4-5-8-17-10-12-18(13-11-17)19-15-30-22(24-19)25-21(29)16-31-23-27-26-20-9-6-7-14-28(20)23/h6-7,9-15H,2-5,8,16H2,1H3,(H,24,25,29). The number of unbranched alkanes of at least 4 members (excludes halogenated alkanes) is 3. The third-order valence-corrected chi connectivity index (χ3v) is 6.63. The van der Waals surface area contributed by atoms with Gasteiger partial charge in [0.25, 0.3) is 0 Å². The summed E-state index contributed by atoms with van der Waals surface area (Å²) in [5.41, 5.74) is 4.08. The Kier molecular flexibility index (Phi) is 7.32. The number of carbonyl (C=O) groups excluding carboxylic acids is 1. The van der Waals surface area contributed by atoms with Gasteiger partial charge < -0.3 is 5.32 Å². The number of aromatic nitrogens is 4. The number of thiazole rings is 1. The van der Waals surface area contributed by atoms with E-state index in [2.05, 4.69) is 51.7 Å². The fraction of sp³-hybridized carbons (Fsp3) is 0.304. The van der Waals surface area contributed by atoms with Crippen LogP contribution in [0.4, 0.5) is 5.13 Å². The second kappa shape index (κ2) is 10.5. The van der Waals surface area contributed by atoms with Gasteiger partial charge in [-0.2, -0.15) is 0 Å². The molecule has 0 saturated carbocycles. The smallest absolute Gasteiger partial charge is 0.236 e. The number of pyridine rings is 1. The minimum Gasteiger partial charge on any atom is -0.301 e. The van der Waals surface area contributed by atoms with E-state index in [1.54, 1.807) is 0 Å². The zero-order chi connectivity index (χ0) is 21.5. The first-order valence-corrected chi connectivity index (χ1v) is 12.4. The van der Waals surface area contributed by atoms with Crippen molar-refractivity contribution in [3.8, 4) is 11.3 Å². The summed E-state index contributed by atoms with van der Waals surface area (Å²) in [6.07, 6.45) is 8.11. The first kappa shape index (κ1) is 21.5. The highest BCUT2D eigenvalue weighted by atomic mass is 32.2. The van der Waals surface area contributed by atoms with E-state index in [1.165, 1.54) is 54.3 Å². The molecule has 160 valence electrons. The monoisotopic (exact) mass is 451 g/mol. The average molecular weight is 452 g/mol. The molecule has 0 saturated heterocycles. The molecular formula is C23H25N5OS2. The largest absolute Gasteiger partial charge is 0.301 e. The summed E-state index contributed by atoms with van der Waals surface area (Å²) in [7, 11) is 0.